The van der Waals surface area contributed by atoms with Gasteiger partial charge >= 0.3 is 0 Å². The van der Waals surface area contributed by atoms with E-state index >= 15 is 0 Å². The van der Waals surface area contributed by atoms with Gasteiger partial charge in [0.2, 0.25) is 0 Å². The molecule has 1 aromatic rings. The molecule has 3 rings (SSSR count). The zero-order valence-corrected chi connectivity index (χ0v) is 14.0. The summed E-state index contributed by atoms with van der Waals surface area (Å²) in [7, 11) is 1.64. The van der Waals surface area contributed by atoms with Crippen LogP contribution in [-0.2, 0) is 0 Å². The molecule has 1 aromatic carbocycles. The summed E-state index contributed by atoms with van der Waals surface area (Å²) in [5, 5.41) is 0. The largest absolute Gasteiger partial charge is 0.497 e. The summed E-state index contributed by atoms with van der Waals surface area (Å²) in [4.78, 5) is 16.2. The van der Waals surface area contributed by atoms with Gasteiger partial charge in [-0.15, -0.1) is 0 Å². The second-order valence-corrected chi connectivity index (χ2v) is 6.63. The second kappa shape index (κ2) is 7.64. The number of piperazine rings is 1. The van der Waals surface area contributed by atoms with Gasteiger partial charge in [0.1, 0.15) is 5.75 Å². The highest BCUT2D eigenvalue weighted by Gasteiger charge is 2.26. The summed E-state index contributed by atoms with van der Waals surface area (Å²) >= 11 is 0. The van der Waals surface area contributed by atoms with Crippen molar-refractivity contribution in [2.45, 2.75) is 19.3 Å². The molecule has 0 unspecified atom stereocenters. The lowest BCUT2D eigenvalue weighted by molar-refractivity contribution is -0.907. The highest BCUT2D eigenvalue weighted by molar-refractivity contribution is 5.94. The Morgan fingerprint density at radius 2 is 1.96 bits per heavy atom. The molecule has 0 bridgehead atoms. The molecule has 1 aliphatic heterocycles. The lowest BCUT2D eigenvalue weighted by atomic mass is 9.94. The number of rotatable bonds is 4. The van der Waals surface area contributed by atoms with Gasteiger partial charge in [0, 0.05) is 11.5 Å². The summed E-state index contributed by atoms with van der Waals surface area (Å²) in [6.45, 7) is 5.13. The molecular weight excluding hydrogens is 288 g/mol. The summed E-state index contributed by atoms with van der Waals surface area (Å²) in [6.07, 6.45) is 8.43. The molecule has 1 atom stereocenters. The molecule has 0 spiro atoms. The first-order chi connectivity index (χ1) is 11.3. The van der Waals surface area contributed by atoms with Crippen LogP contribution in [0.25, 0.3) is 0 Å². The fourth-order valence-corrected chi connectivity index (χ4v) is 3.60. The lowest BCUT2D eigenvalue weighted by Crippen LogP contribution is -3.15. The zero-order chi connectivity index (χ0) is 16.1. The topological polar surface area (TPSA) is 34.0 Å². The van der Waals surface area contributed by atoms with Crippen molar-refractivity contribution < 1.29 is 14.4 Å². The van der Waals surface area contributed by atoms with Crippen molar-refractivity contribution in [1.29, 1.82) is 0 Å². The Labute approximate surface area is 138 Å². The number of nitrogens with zero attached hydrogens (tertiary/aromatic N) is 1. The number of amides is 1. The number of methoxy groups -OCH3 is 1. The third-order valence-corrected chi connectivity index (χ3v) is 5.05. The number of allylic oxidation sites excluding steroid dienone is 2. The number of quaternary nitrogens is 1. The van der Waals surface area contributed by atoms with Gasteiger partial charge in [-0.3, -0.25) is 4.79 Å². The molecule has 1 fully saturated rings. The standard InChI is InChI=1S/C19H26N2O2/c1-23-18-9-7-17(8-10-18)19(22)21-13-11-20(12-14-21)15-16-5-3-2-4-6-16/h2-3,7-10,16H,4-6,11-15H2,1H3/p+1/t16-/m1/s1. The average molecular weight is 315 g/mol. The average Bonchev–Trinajstić information content (AvgIpc) is 2.63. The van der Waals surface area contributed by atoms with Gasteiger partial charge in [-0.2, -0.15) is 0 Å². The smallest absolute Gasteiger partial charge is 0.254 e. The first-order valence-corrected chi connectivity index (χ1v) is 8.68. The van der Waals surface area contributed by atoms with Crippen molar-refractivity contribution in [2.24, 2.45) is 5.92 Å². The molecule has 0 saturated carbocycles. The zero-order valence-electron chi connectivity index (χ0n) is 14.0. The molecule has 124 valence electrons. The number of nitrogens with one attached hydrogen (secondary N) is 1. The third kappa shape index (κ3) is 4.14. The maximum atomic E-state index is 12.6. The van der Waals surface area contributed by atoms with Crippen LogP contribution in [0.15, 0.2) is 36.4 Å². The quantitative estimate of drug-likeness (QED) is 0.852. The van der Waals surface area contributed by atoms with Crippen LogP contribution < -0.4 is 9.64 Å². The van der Waals surface area contributed by atoms with Crippen LogP contribution in [-0.4, -0.2) is 50.6 Å². The predicted octanol–water partition coefficient (Wildman–Crippen LogP) is 1.39. The highest BCUT2D eigenvalue weighted by atomic mass is 16.5. The summed E-state index contributed by atoms with van der Waals surface area (Å²) in [5.74, 6) is 1.77. The van der Waals surface area contributed by atoms with Gasteiger partial charge in [-0.1, -0.05) is 12.2 Å². The van der Waals surface area contributed by atoms with Crippen LogP contribution >= 0.6 is 0 Å². The Balaban J connectivity index is 1.49. The number of ether oxygens (including phenoxy) is 1. The number of carbonyl (C=O) groups excluding carboxylic acids is 1. The predicted molar refractivity (Wildman–Crippen MR) is 90.9 cm³/mol. The van der Waals surface area contributed by atoms with Crippen LogP contribution in [0.4, 0.5) is 0 Å². The first kappa shape index (κ1) is 16.1. The minimum atomic E-state index is 0.146. The Hall–Kier alpha value is -1.81. The minimum absolute atomic E-state index is 0.146. The molecule has 0 aromatic heterocycles. The van der Waals surface area contributed by atoms with Crippen molar-refractivity contribution in [3.63, 3.8) is 0 Å². The van der Waals surface area contributed by atoms with E-state index in [2.05, 4.69) is 12.2 Å². The molecule has 2 aliphatic rings. The first-order valence-electron chi connectivity index (χ1n) is 8.68. The molecule has 1 aliphatic carbocycles. The van der Waals surface area contributed by atoms with E-state index in [4.69, 9.17) is 4.74 Å². The van der Waals surface area contributed by atoms with E-state index in [1.54, 1.807) is 12.0 Å². The van der Waals surface area contributed by atoms with Crippen LogP contribution in [0.3, 0.4) is 0 Å². The summed E-state index contributed by atoms with van der Waals surface area (Å²) < 4.78 is 5.15. The number of hydrogen-bond acceptors (Lipinski definition) is 2. The van der Waals surface area contributed by atoms with Gasteiger partial charge in [-0.25, -0.2) is 0 Å². The van der Waals surface area contributed by atoms with E-state index in [0.29, 0.717) is 0 Å². The molecule has 0 radical (unpaired) electrons. The van der Waals surface area contributed by atoms with E-state index < -0.39 is 0 Å². The molecule has 4 nitrogen and oxygen atoms in total. The molecule has 1 amide bonds. The highest BCUT2D eigenvalue weighted by Crippen LogP contribution is 2.16. The van der Waals surface area contributed by atoms with Gasteiger partial charge in [0.15, 0.2) is 0 Å². The Morgan fingerprint density at radius 1 is 1.22 bits per heavy atom. The van der Waals surface area contributed by atoms with Gasteiger partial charge in [0.25, 0.3) is 5.91 Å². The Morgan fingerprint density at radius 3 is 2.57 bits per heavy atom. The van der Waals surface area contributed by atoms with Crippen molar-refractivity contribution in [2.75, 3.05) is 39.8 Å². The third-order valence-electron chi connectivity index (χ3n) is 5.05. The van der Waals surface area contributed by atoms with Crippen molar-refractivity contribution in [3.05, 3.63) is 42.0 Å². The van der Waals surface area contributed by atoms with Crippen molar-refractivity contribution in [1.82, 2.24) is 4.90 Å². The minimum Gasteiger partial charge on any atom is -0.497 e. The number of hydrogen-bond donors (Lipinski definition) is 1. The fraction of sp³-hybridized carbons (Fsp3) is 0.526. The van der Waals surface area contributed by atoms with Gasteiger partial charge in [0.05, 0.1) is 39.8 Å². The molecule has 1 heterocycles. The van der Waals surface area contributed by atoms with E-state index in [1.807, 2.05) is 29.2 Å². The second-order valence-electron chi connectivity index (χ2n) is 6.63. The van der Waals surface area contributed by atoms with Gasteiger partial charge in [-0.05, 0) is 43.5 Å². The van der Waals surface area contributed by atoms with Crippen LogP contribution in [0.2, 0.25) is 0 Å². The van der Waals surface area contributed by atoms with E-state index in [1.165, 1.54) is 25.8 Å². The van der Waals surface area contributed by atoms with E-state index in [0.717, 1.165) is 43.4 Å². The number of carbonyl (C=O) groups is 1. The molecule has 23 heavy (non-hydrogen) atoms. The monoisotopic (exact) mass is 315 g/mol. The number of benzene rings is 1. The van der Waals surface area contributed by atoms with Crippen LogP contribution in [0, 0.1) is 5.92 Å². The maximum absolute atomic E-state index is 12.6. The Bertz CT molecular complexity index is 545. The van der Waals surface area contributed by atoms with Gasteiger partial charge < -0.3 is 14.5 Å². The van der Waals surface area contributed by atoms with E-state index in [-0.39, 0.29) is 5.91 Å². The molecule has 4 heteroatoms. The fourth-order valence-electron chi connectivity index (χ4n) is 3.60. The van der Waals surface area contributed by atoms with Crippen LogP contribution in [0.5, 0.6) is 5.75 Å². The van der Waals surface area contributed by atoms with E-state index in [9.17, 15) is 4.79 Å². The van der Waals surface area contributed by atoms with Crippen LogP contribution in [0.1, 0.15) is 29.6 Å². The molecule has 1 saturated heterocycles. The lowest BCUT2D eigenvalue weighted by Gasteiger charge is -2.34. The normalized spacial score (nSPS) is 22.1. The summed E-state index contributed by atoms with van der Waals surface area (Å²) in [6, 6.07) is 7.42. The van der Waals surface area contributed by atoms with Crippen molar-refractivity contribution >= 4 is 5.91 Å². The van der Waals surface area contributed by atoms with Crippen molar-refractivity contribution in [3.8, 4) is 5.75 Å². The Kier molecular flexibility index (Phi) is 5.34. The SMILES string of the molecule is COc1ccc(C(=O)N2CC[NH+](C[C@@H]3CC=CCC3)CC2)cc1. The maximum Gasteiger partial charge on any atom is 0.254 e. The molecular formula is C19H27N2O2+. The molecule has 1 N–H and O–H groups in total. The summed E-state index contributed by atoms with van der Waals surface area (Å²) in [5.41, 5.74) is 0.756.